The lowest BCUT2D eigenvalue weighted by atomic mass is 9.99. The monoisotopic (exact) mass is 1100 g/mol. The van der Waals surface area contributed by atoms with Gasteiger partial charge in [0, 0.05) is 108 Å². The van der Waals surface area contributed by atoms with Crippen molar-refractivity contribution in [2.75, 3.05) is 109 Å². The highest BCUT2D eigenvalue weighted by Gasteiger charge is 2.45. The van der Waals surface area contributed by atoms with Gasteiger partial charge < -0.3 is 34.7 Å². The molecule has 1 unspecified atom stereocenters. The number of fused-ring (bicyclic) bond motifs is 1. The van der Waals surface area contributed by atoms with Gasteiger partial charge in [0.1, 0.15) is 11.9 Å². The van der Waals surface area contributed by atoms with Crippen molar-refractivity contribution in [2.24, 2.45) is 0 Å². The highest BCUT2D eigenvalue weighted by atomic mass is 19.4. The number of hydrogen-bond acceptors (Lipinski definition) is 14. The van der Waals surface area contributed by atoms with Gasteiger partial charge in [0.15, 0.2) is 0 Å². The summed E-state index contributed by atoms with van der Waals surface area (Å²) in [6.45, 7) is 11.8. The van der Waals surface area contributed by atoms with Gasteiger partial charge in [-0.05, 0) is 87.2 Å². The van der Waals surface area contributed by atoms with Gasteiger partial charge >= 0.3 is 6.18 Å². The molecule has 79 heavy (non-hydrogen) atoms. The number of carbonyl (C=O) groups is 6. The number of imide groups is 2. The maximum absolute atomic E-state index is 15.7. The van der Waals surface area contributed by atoms with Crippen molar-refractivity contribution in [1.82, 2.24) is 35.2 Å². The van der Waals surface area contributed by atoms with Crippen LogP contribution in [0.25, 0.3) is 11.1 Å². The summed E-state index contributed by atoms with van der Waals surface area (Å²) >= 11 is 0. The number of pyridine rings is 1. The lowest BCUT2D eigenvalue weighted by Gasteiger charge is -2.44. The van der Waals surface area contributed by atoms with Gasteiger partial charge in [0.2, 0.25) is 23.3 Å². The first-order chi connectivity index (χ1) is 37.9. The summed E-state index contributed by atoms with van der Waals surface area (Å²) in [5, 5.41) is 7.82. The number of H-pyrrole nitrogens is 1. The van der Waals surface area contributed by atoms with Crippen LogP contribution >= 0.6 is 0 Å². The third-order valence-corrected chi connectivity index (χ3v) is 14.9. The number of likely N-dealkylation sites (N-methyl/N-ethyl adjacent to an activating group) is 1. The Bertz CT molecular complexity index is 2940. The second-order valence-electron chi connectivity index (χ2n) is 20.3. The van der Waals surface area contributed by atoms with Crippen LogP contribution in [0.3, 0.4) is 0 Å². The van der Waals surface area contributed by atoms with Gasteiger partial charge in [-0.15, -0.1) is 0 Å². The zero-order valence-electron chi connectivity index (χ0n) is 44.6. The van der Waals surface area contributed by atoms with Crippen molar-refractivity contribution >= 4 is 46.8 Å². The van der Waals surface area contributed by atoms with E-state index in [9.17, 15) is 46.7 Å². The van der Waals surface area contributed by atoms with Crippen LogP contribution in [-0.4, -0.2) is 177 Å². The van der Waals surface area contributed by atoms with Crippen LogP contribution in [0.15, 0.2) is 71.7 Å². The van der Waals surface area contributed by atoms with Crippen LogP contribution in [0.1, 0.15) is 87.3 Å². The van der Waals surface area contributed by atoms with Gasteiger partial charge in [-0.2, -0.15) is 13.2 Å². The zero-order chi connectivity index (χ0) is 56.4. The van der Waals surface area contributed by atoms with E-state index in [0.29, 0.717) is 101 Å². The summed E-state index contributed by atoms with van der Waals surface area (Å²) in [6.07, 6.45) is -2.81. The molecule has 3 atom stereocenters. The lowest BCUT2D eigenvalue weighted by Crippen LogP contribution is -2.55. The quantitative estimate of drug-likeness (QED) is 0.0451. The topological polar surface area (TPSA) is 215 Å². The van der Waals surface area contributed by atoms with E-state index in [-0.39, 0.29) is 66.2 Å². The van der Waals surface area contributed by atoms with Crippen molar-refractivity contribution in [3.8, 4) is 11.1 Å². The lowest BCUT2D eigenvalue weighted by molar-refractivity contribution is -0.138. The molecule has 424 valence electrons. The normalized spacial score (nSPS) is 19.5. The third-order valence-electron chi connectivity index (χ3n) is 14.9. The second-order valence-corrected chi connectivity index (χ2v) is 20.3. The van der Waals surface area contributed by atoms with E-state index in [1.165, 1.54) is 6.07 Å². The number of ether oxygens (including phenoxy) is 3. The number of aryl methyl sites for hydroxylation is 1. The van der Waals surface area contributed by atoms with E-state index in [4.69, 9.17) is 14.2 Å². The molecule has 4 aliphatic rings. The molecule has 6 amide bonds. The van der Waals surface area contributed by atoms with Gasteiger partial charge in [-0.1, -0.05) is 24.3 Å². The number of hydrogen-bond donors (Lipinski definition) is 4. The summed E-state index contributed by atoms with van der Waals surface area (Å²) < 4.78 is 74.6. The number of rotatable bonds is 23. The first-order valence-corrected chi connectivity index (χ1v) is 26.6. The van der Waals surface area contributed by atoms with E-state index in [1.54, 1.807) is 48.5 Å². The van der Waals surface area contributed by atoms with Gasteiger partial charge in [0.05, 0.1) is 66.7 Å². The molecule has 3 saturated heterocycles. The average Bonchev–Trinajstić information content (AvgIpc) is 3.92. The molecule has 0 spiro atoms. The number of carbonyl (C=O) groups excluding carboxylic acids is 6. The number of nitrogens with one attached hydrogen (secondary N) is 4. The maximum atomic E-state index is 15.7. The first kappa shape index (κ1) is 58.3. The van der Waals surface area contributed by atoms with E-state index < -0.39 is 64.3 Å². The van der Waals surface area contributed by atoms with Crippen molar-refractivity contribution in [1.29, 1.82) is 0 Å². The highest BCUT2D eigenvalue weighted by molar-refractivity contribution is 6.24. The Morgan fingerprint density at radius 1 is 0.797 bits per heavy atom. The highest BCUT2D eigenvalue weighted by Crippen LogP contribution is 2.37. The largest absolute Gasteiger partial charge is 0.417 e. The van der Waals surface area contributed by atoms with Gasteiger partial charge in [0.25, 0.3) is 17.7 Å². The minimum absolute atomic E-state index is 0.0519. The average molecular weight is 1100 g/mol. The third kappa shape index (κ3) is 14.7. The number of anilines is 2. The minimum atomic E-state index is -4.97. The van der Waals surface area contributed by atoms with E-state index in [2.05, 4.69) is 54.4 Å². The number of piperidine rings is 1. The number of benzene rings is 3. The second kappa shape index (κ2) is 26.4. The molecule has 4 aliphatic heterocycles. The number of alkyl halides is 3. The summed E-state index contributed by atoms with van der Waals surface area (Å²) in [6, 6.07) is 14.5. The zero-order valence-corrected chi connectivity index (χ0v) is 44.6. The number of piperazine rings is 2. The predicted octanol–water partition coefficient (Wildman–Crippen LogP) is 4.69. The first-order valence-electron chi connectivity index (χ1n) is 26.6. The molecule has 4 N–H and O–H groups in total. The molecule has 23 heteroatoms. The Morgan fingerprint density at radius 2 is 1.49 bits per heavy atom. The molecule has 0 bridgehead atoms. The molecule has 3 fully saturated rings. The van der Waals surface area contributed by atoms with Crippen molar-refractivity contribution in [3.05, 3.63) is 116 Å². The van der Waals surface area contributed by atoms with Crippen LogP contribution in [0.4, 0.5) is 28.9 Å². The molecule has 1 aromatic heterocycles. The number of aromatic nitrogens is 1. The van der Waals surface area contributed by atoms with Gasteiger partial charge in [-0.3, -0.25) is 58.5 Å². The Labute approximate surface area is 454 Å². The summed E-state index contributed by atoms with van der Waals surface area (Å²) in [5.41, 5.74) is 0.392. The molecule has 0 saturated carbocycles. The van der Waals surface area contributed by atoms with Crippen LogP contribution < -0.4 is 26.4 Å². The number of amides is 6. The Hall–Kier alpha value is -6.89. The fraction of sp³-hybridized carbons (Fsp3) is 0.482. The summed E-state index contributed by atoms with van der Waals surface area (Å²) in [7, 11) is 2.01. The van der Waals surface area contributed by atoms with Crippen molar-refractivity contribution in [3.63, 3.8) is 0 Å². The molecule has 3 aromatic carbocycles. The Balaban J connectivity index is 0.711. The maximum Gasteiger partial charge on any atom is 0.417 e. The molecule has 0 aliphatic carbocycles. The Kier molecular flexibility index (Phi) is 19.5. The fourth-order valence-electron chi connectivity index (χ4n) is 10.4. The van der Waals surface area contributed by atoms with E-state index in [1.807, 2.05) is 7.05 Å². The molecule has 5 heterocycles. The number of halogens is 4. The van der Waals surface area contributed by atoms with E-state index in [0.717, 1.165) is 42.8 Å². The number of aromatic amines is 1. The Morgan fingerprint density at radius 3 is 2.20 bits per heavy atom. The molecule has 4 aromatic rings. The van der Waals surface area contributed by atoms with Crippen LogP contribution in [0, 0.1) is 5.82 Å². The summed E-state index contributed by atoms with van der Waals surface area (Å²) in [4.78, 5) is 100. The molecular weight excluding hydrogens is 1030 g/mol. The van der Waals surface area contributed by atoms with Crippen molar-refractivity contribution < 1.29 is 60.5 Å². The smallest absolute Gasteiger partial charge is 0.379 e. The number of nitrogens with zero attached hydrogens (tertiary/aromatic N) is 5. The van der Waals surface area contributed by atoms with Gasteiger partial charge in [-0.25, -0.2) is 4.39 Å². The molecule has 8 rings (SSSR count). The summed E-state index contributed by atoms with van der Waals surface area (Å²) in [5.74, 6) is -3.86. The molecular formula is C56H67F4N9O10. The van der Waals surface area contributed by atoms with Crippen LogP contribution in [-0.2, 0) is 47.7 Å². The molecule has 19 nitrogen and oxygen atoms in total. The fourth-order valence-corrected chi connectivity index (χ4v) is 10.4. The van der Waals surface area contributed by atoms with E-state index >= 15 is 4.39 Å². The van der Waals surface area contributed by atoms with Crippen LogP contribution in [0.2, 0.25) is 0 Å². The molecule has 0 radical (unpaired) electrons. The minimum Gasteiger partial charge on any atom is -0.379 e. The predicted molar refractivity (Wildman–Crippen MR) is 284 cm³/mol. The standard InChI is InChI=1S/C56H67F4N9O10/c1-35-32-68(33-36(2)65(35)3)46-12-10-39(29-45(46)63-52(73)42-31-62-50(72)30-43(42)56(58,59)60)41-28-37(9-11-44(41)57)34-67-20-18-66(19-21-67)17-16-61-48(70)15-23-78-25-27-79-26-24-77-22-5-7-38-6-4-8-40-51(38)55(76)69(54(40)75)47-13-14-49(71)64-53(47)74/h4,6,8-12,28-31,35-36,47H,5,7,13-27,32-34H2,1-3H3,(H,61,70)(H,62,72)(H,63,73)(H,64,71,74)/t35-,36+,47?. The van der Waals surface area contributed by atoms with Crippen molar-refractivity contribution in [2.45, 2.75) is 76.8 Å². The van der Waals surface area contributed by atoms with Crippen LogP contribution in [0.5, 0.6) is 0 Å². The SMILES string of the molecule is C[C@@H]1CN(c2ccc(-c3cc(CN4CCN(CCNC(=O)CCOCCOCCOCCCc5cccc6c5C(=O)N(C5CCC(=O)NC5=O)C6=O)CC4)ccc3F)cc2NC(=O)c2c[nH]c(=O)cc2C(F)(F)F)C[C@H](C)N1C.